The van der Waals surface area contributed by atoms with E-state index < -0.39 is 0 Å². The van der Waals surface area contributed by atoms with Crippen molar-refractivity contribution in [1.29, 1.82) is 0 Å². The SMILES string of the molecule is COc1cnc(/C(N)=N\O)c(Cl)c1. The highest BCUT2D eigenvalue weighted by molar-refractivity contribution is 6.33. The number of aromatic nitrogens is 1. The number of methoxy groups -OCH3 is 1. The molecule has 1 heterocycles. The number of halogens is 1. The normalized spacial score (nSPS) is 11.4. The molecule has 0 bridgehead atoms. The number of oxime groups is 1. The first-order chi connectivity index (χ1) is 6.19. The van der Waals surface area contributed by atoms with E-state index in [4.69, 9.17) is 27.3 Å². The lowest BCUT2D eigenvalue weighted by Gasteiger charge is -2.03. The Kier molecular flexibility index (Phi) is 2.92. The Hall–Kier alpha value is -1.49. The summed E-state index contributed by atoms with van der Waals surface area (Å²) in [5, 5.41) is 11.4. The van der Waals surface area contributed by atoms with Crippen LogP contribution in [0.3, 0.4) is 0 Å². The molecule has 0 aromatic carbocycles. The third kappa shape index (κ3) is 2.00. The molecule has 0 spiro atoms. The molecule has 0 aliphatic rings. The number of amidine groups is 1. The Morgan fingerprint density at radius 1 is 1.77 bits per heavy atom. The molecule has 0 radical (unpaired) electrons. The quantitative estimate of drug-likeness (QED) is 0.322. The van der Waals surface area contributed by atoms with Crippen molar-refractivity contribution in [2.24, 2.45) is 10.9 Å². The van der Waals surface area contributed by atoms with Crippen molar-refractivity contribution >= 4 is 17.4 Å². The predicted octanol–water partition coefficient (Wildman–Crippen LogP) is 0.838. The van der Waals surface area contributed by atoms with Gasteiger partial charge in [0.25, 0.3) is 0 Å². The largest absolute Gasteiger partial charge is 0.495 e. The topological polar surface area (TPSA) is 80.7 Å². The first-order valence-electron chi connectivity index (χ1n) is 3.36. The Labute approximate surface area is 79.8 Å². The molecule has 0 saturated heterocycles. The fourth-order valence-corrected chi connectivity index (χ4v) is 1.02. The van der Waals surface area contributed by atoms with Gasteiger partial charge in [0.2, 0.25) is 0 Å². The number of nitrogens with two attached hydrogens (primary N) is 1. The number of pyridine rings is 1. The van der Waals surface area contributed by atoms with E-state index in [1.54, 1.807) is 0 Å². The van der Waals surface area contributed by atoms with Crippen LogP contribution >= 0.6 is 11.6 Å². The number of hydrogen-bond acceptors (Lipinski definition) is 4. The minimum absolute atomic E-state index is 0.132. The van der Waals surface area contributed by atoms with E-state index in [2.05, 4.69) is 10.1 Å². The van der Waals surface area contributed by atoms with E-state index >= 15 is 0 Å². The minimum Gasteiger partial charge on any atom is -0.495 e. The van der Waals surface area contributed by atoms with Crippen molar-refractivity contribution in [3.05, 3.63) is 23.0 Å². The van der Waals surface area contributed by atoms with Gasteiger partial charge >= 0.3 is 0 Å². The minimum atomic E-state index is -0.132. The van der Waals surface area contributed by atoms with Gasteiger partial charge in [-0.2, -0.15) is 0 Å². The van der Waals surface area contributed by atoms with Gasteiger partial charge in [-0.05, 0) is 0 Å². The molecule has 70 valence electrons. The maximum Gasteiger partial charge on any atom is 0.190 e. The summed E-state index contributed by atoms with van der Waals surface area (Å²) in [6, 6.07) is 1.53. The highest BCUT2D eigenvalue weighted by atomic mass is 35.5. The second kappa shape index (κ2) is 3.95. The van der Waals surface area contributed by atoms with Gasteiger partial charge < -0.3 is 15.7 Å². The Balaban J connectivity index is 3.12. The van der Waals surface area contributed by atoms with Gasteiger partial charge in [-0.25, -0.2) is 4.98 Å². The van der Waals surface area contributed by atoms with Crippen LogP contribution in [0.4, 0.5) is 0 Å². The summed E-state index contributed by atoms with van der Waals surface area (Å²) in [7, 11) is 1.50. The third-order valence-electron chi connectivity index (χ3n) is 1.40. The maximum absolute atomic E-state index is 8.37. The van der Waals surface area contributed by atoms with Crippen LogP contribution in [0.25, 0.3) is 0 Å². The smallest absolute Gasteiger partial charge is 0.190 e. The molecule has 6 heteroatoms. The average Bonchev–Trinajstić information content (AvgIpc) is 2.16. The summed E-state index contributed by atoms with van der Waals surface area (Å²) in [5.41, 5.74) is 5.53. The van der Waals surface area contributed by atoms with E-state index in [0.29, 0.717) is 5.75 Å². The van der Waals surface area contributed by atoms with Crippen LogP contribution in [-0.2, 0) is 0 Å². The highest BCUT2D eigenvalue weighted by Crippen LogP contribution is 2.19. The highest BCUT2D eigenvalue weighted by Gasteiger charge is 2.07. The summed E-state index contributed by atoms with van der Waals surface area (Å²) in [4.78, 5) is 3.85. The zero-order valence-corrected chi connectivity index (χ0v) is 7.62. The summed E-state index contributed by atoms with van der Waals surface area (Å²) in [5.74, 6) is 0.382. The number of hydrogen-bond donors (Lipinski definition) is 2. The fraction of sp³-hybridized carbons (Fsp3) is 0.143. The molecule has 0 atom stereocenters. The molecular weight excluding hydrogens is 194 g/mol. The lowest BCUT2D eigenvalue weighted by atomic mass is 10.3. The molecule has 0 unspecified atom stereocenters. The summed E-state index contributed by atoms with van der Waals surface area (Å²) in [6.45, 7) is 0. The van der Waals surface area contributed by atoms with Gasteiger partial charge in [0.1, 0.15) is 11.4 Å². The van der Waals surface area contributed by atoms with Crippen LogP contribution < -0.4 is 10.5 Å². The van der Waals surface area contributed by atoms with Crippen molar-refractivity contribution < 1.29 is 9.94 Å². The molecule has 13 heavy (non-hydrogen) atoms. The van der Waals surface area contributed by atoms with Crippen molar-refractivity contribution in [2.45, 2.75) is 0 Å². The number of ether oxygens (including phenoxy) is 1. The van der Waals surface area contributed by atoms with Crippen molar-refractivity contribution in [3.63, 3.8) is 0 Å². The molecule has 1 aromatic rings. The number of nitrogens with zero attached hydrogens (tertiary/aromatic N) is 2. The monoisotopic (exact) mass is 201 g/mol. The van der Waals surface area contributed by atoms with Gasteiger partial charge in [0.05, 0.1) is 18.3 Å². The van der Waals surface area contributed by atoms with Crippen LogP contribution in [0.1, 0.15) is 5.69 Å². The molecule has 5 nitrogen and oxygen atoms in total. The first-order valence-corrected chi connectivity index (χ1v) is 3.74. The predicted molar refractivity (Wildman–Crippen MR) is 48.3 cm³/mol. The lowest BCUT2D eigenvalue weighted by Crippen LogP contribution is -2.15. The van der Waals surface area contributed by atoms with Crippen LogP contribution in [0.15, 0.2) is 17.4 Å². The number of rotatable bonds is 2. The second-order valence-corrected chi connectivity index (χ2v) is 2.60. The summed E-state index contributed by atoms with van der Waals surface area (Å²) in [6.07, 6.45) is 1.43. The van der Waals surface area contributed by atoms with Gasteiger partial charge in [0.15, 0.2) is 5.84 Å². The van der Waals surface area contributed by atoms with Crippen molar-refractivity contribution in [2.75, 3.05) is 7.11 Å². The Morgan fingerprint density at radius 3 is 2.92 bits per heavy atom. The van der Waals surface area contributed by atoms with Crippen molar-refractivity contribution in [3.8, 4) is 5.75 Å². The van der Waals surface area contributed by atoms with Crippen LogP contribution in [0.5, 0.6) is 5.75 Å². The molecule has 0 aliphatic carbocycles. The standard InChI is InChI=1S/C7H8ClN3O2/c1-13-4-2-5(8)6(10-3-4)7(9)11-12/h2-3,12H,1H3,(H2,9,11). The van der Waals surface area contributed by atoms with Crippen molar-refractivity contribution in [1.82, 2.24) is 4.98 Å². The van der Waals surface area contributed by atoms with Crippen LogP contribution in [0, 0.1) is 0 Å². The van der Waals surface area contributed by atoms with Gasteiger partial charge in [0, 0.05) is 6.07 Å². The van der Waals surface area contributed by atoms with Crippen LogP contribution in [0.2, 0.25) is 5.02 Å². The van der Waals surface area contributed by atoms with Gasteiger partial charge in [-0.15, -0.1) is 0 Å². The first kappa shape index (κ1) is 9.60. The van der Waals surface area contributed by atoms with Gasteiger partial charge in [-0.3, -0.25) is 0 Å². The molecule has 1 rings (SSSR count). The molecular formula is C7H8ClN3O2. The molecule has 0 saturated carbocycles. The van der Waals surface area contributed by atoms with Crippen LogP contribution in [-0.4, -0.2) is 23.1 Å². The molecule has 0 amide bonds. The Morgan fingerprint density at radius 2 is 2.46 bits per heavy atom. The zero-order valence-electron chi connectivity index (χ0n) is 6.86. The maximum atomic E-state index is 8.37. The Bertz CT molecular complexity index is 341. The fourth-order valence-electron chi connectivity index (χ4n) is 0.768. The van der Waals surface area contributed by atoms with E-state index in [1.807, 2.05) is 0 Å². The second-order valence-electron chi connectivity index (χ2n) is 2.19. The summed E-state index contributed by atoms with van der Waals surface area (Å²) >= 11 is 5.77. The molecule has 3 N–H and O–H groups in total. The molecule has 0 fully saturated rings. The van der Waals surface area contributed by atoms with Gasteiger partial charge in [-0.1, -0.05) is 16.8 Å². The van der Waals surface area contributed by atoms with E-state index in [-0.39, 0.29) is 16.6 Å². The van der Waals surface area contributed by atoms with E-state index in [1.165, 1.54) is 19.4 Å². The molecule has 1 aromatic heterocycles. The van der Waals surface area contributed by atoms with E-state index in [9.17, 15) is 0 Å². The third-order valence-corrected chi connectivity index (χ3v) is 1.69. The zero-order chi connectivity index (χ0) is 9.84. The van der Waals surface area contributed by atoms with E-state index in [0.717, 1.165) is 0 Å². The molecule has 0 aliphatic heterocycles. The summed E-state index contributed by atoms with van der Waals surface area (Å²) < 4.78 is 4.87. The lowest BCUT2D eigenvalue weighted by molar-refractivity contribution is 0.318. The average molecular weight is 202 g/mol.